The van der Waals surface area contributed by atoms with Crippen LogP contribution in [-0.2, 0) is 4.74 Å². The summed E-state index contributed by atoms with van der Waals surface area (Å²) in [5.41, 5.74) is 2.33. The number of carbonyl (C=O) groups excluding carboxylic acids is 1. The van der Waals surface area contributed by atoms with Gasteiger partial charge in [-0.3, -0.25) is 9.69 Å². The number of imidazole rings is 1. The van der Waals surface area contributed by atoms with Gasteiger partial charge in [-0.25, -0.2) is 4.98 Å². The number of hydrogen-bond acceptors (Lipinski definition) is 4. The molecule has 0 aromatic carbocycles. The van der Waals surface area contributed by atoms with Crippen LogP contribution in [0.3, 0.4) is 0 Å². The molecule has 1 saturated heterocycles. The minimum Gasteiger partial charge on any atom is -0.379 e. The van der Waals surface area contributed by atoms with Crippen molar-refractivity contribution in [2.45, 2.75) is 26.8 Å². The first kappa shape index (κ1) is 16.9. The Bertz CT molecular complexity index is 704. The number of morpholine rings is 1. The summed E-state index contributed by atoms with van der Waals surface area (Å²) in [6.07, 6.45) is 1.80. The molecule has 0 unspecified atom stereocenters. The predicted molar refractivity (Wildman–Crippen MR) is 93.3 cm³/mol. The lowest BCUT2D eigenvalue weighted by atomic mass is 10.0. The van der Waals surface area contributed by atoms with Crippen LogP contribution in [0.4, 0.5) is 0 Å². The zero-order valence-corrected chi connectivity index (χ0v) is 14.7. The second-order valence-electron chi connectivity index (χ2n) is 6.69. The molecule has 0 saturated carbocycles. The molecule has 3 heterocycles. The standard InChI is InChI=1S/C18H26N4O2/c1-13(2)16(21-7-9-24-10-8-21)11-19-18(23)15-12-22-14(3)5-4-6-17(22)20-15/h4-6,12-13,16H,7-11H2,1-3H3,(H,19,23)/t16-/m1/s1. The first-order valence-corrected chi connectivity index (χ1v) is 8.61. The molecule has 130 valence electrons. The predicted octanol–water partition coefficient (Wildman–Crippen LogP) is 1.73. The number of pyridine rings is 1. The molecule has 1 amide bonds. The van der Waals surface area contributed by atoms with Crippen molar-refractivity contribution in [1.29, 1.82) is 0 Å². The third kappa shape index (κ3) is 3.60. The summed E-state index contributed by atoms with van der Waals surface area (Å²) in [4.78, 5) is 19.3. The Morgan fingerprint density at radius 1 is 1.33 bits per heavy atom. The van der Waals surface area contributed by atoms with E-state index in [-0.39, 0.29) is 5.91 Å². The monoisotopic (exact) mass is 330 g/mol. The molecule has 0 bridgehead atoms. The Hall–Kier alpha value is -1.92. The zero-order chi connectivity index (χ0) is 17.1. The second-order valence-corrected chi connectivity index (χ2v) is 6.69. The van der Waals surface area contributed by atoms with Crippen LogP contribution in [0.25, 0.3) is 5.65 Å². The summed E-state index contributed by atoms with van der Waals surface area (Å²) >= 11 is 0. The number of ether oxygens (including phenoxy) is 1. The summed E-state index contributed by atoms with van der Waals surface area (Å²) < 4.78 is 7.37. The van der Waals surface area contributed by atoms with Gasteiger partial charge >= 0.3 is 0 Å². The second kappa shape index (κ2) is 7.32. The van der Waals surface area contributed by atoms with Crippen LogP contribution in [-0.4, -0.2) is 59.1 Å². The molecule has 0 aliphatic carbocycles. The summed E-state index contributed by atoms with van der Waals surface area (Å²) in [6.45, 7) is 10.4. The van der Waals surface area contributed by atoms with Gasteiger partial charge in [-0.1, -0.05) is 19.9 Å². The van der Waals surface area contributed by atoms with Crippen molar-refractivity contribution in [3.05, 3.63) is 35.8 Å². The van der Waals surface area contributed by atoms with Gasteiger partial charge in [0.15, 0.2) is 0 Å². The van der Waals surface area contributed by atoms with Gasteiger partial charge in [0.25, 0.3) is 5.91 Å². The van der Waals surface area contributed by atoms with E-state index in [9.17, 15) is 4.79 Å². The van der Waals surface area contributed by atoms with E-state index in [0.717, 1.165) is 37.6 Å². The average Bonchev–Trinajstić information content (AvgIpc) is 3.01. The van der Waals surface area contributed by atoms with Crippen molar-refractivity contribution in [3.8, 4) is 0 Å². The number of fused-ring (bicyclic) bond motifs is 1. The highest BCUT2D eigenvalue weighted by Gasteiger charge is 2.24. The number of hydrogen-bond donors (Lipinski definition) is 1. The van der Waals surface area contributed by atoms with Crippen molar-refractivity contribution in [3.63, 3.8) is 0 Å². The normalized spacial score (nSPS) is 17.3. The number of carbonyl (C=O) groups is 1. The molecular weight excluding hydrogens is 304 g/mol. The quantitative estimate of drug-likeness (QED) is 0.907. The average molecular weight is 330 g/mol. The molecule has 1 fully saturated rings. The van der Waals surface area contributed by atoms with Gasteiger partial charge in [-0.05, 0) is 25.0 Å². The number of aryl methyl sites for hydroxylation is 1. The zero-order valence-electron chi connectivity index (χ0n) is 14.7. The van der Waals surface area contributed by atoms with Crippen molar-refractivity contribution in [2.24, 2.45) is 5.92 Å². The van der Waals surface area contributed by atoms with E-state index >= 15 is 0 Å². The Labute approximate surface area is 142 Å². The summed E-state index contributed by atoms with van der Waals surface area (Å²) in [5.74, 6) is 0.351. The molecule has 1 aliphatic rings. The minimum atomic E-state index is -0.114. The lowest BCUT2D eigenvalue weighted by Crippen LogP contribution is -2.51. The fraction of sp³-hybridized carbons (Fsp3) is 0.556. The molecule has 2 aromatic rings. The number of rotatable bonds is 5. The van der Waals surface area contributed by atoms with E-state index in [1.54, 1.807) is 6.20 Å². The first-order valence-electron chi connectivity index (χ1n) is 8.61. The molecule has 0 radical (unpaired) electrons. The van der Waals surface area contributed by atoms with Crippen LogP contribution < -0.4 is 5.32 Å². The number of aromatic nitrogens is 2. The third-order valence-electron chi connectivity index (χ3n) is 4.68. The van der Waals surface area contributed by atoms with Crippen LogP contribution in [0.15, 0.2) is 24.4 Å². The third-order valence-corrected chi connectivity index (χ3v) is 4.68. The van der Waals surface area contributed by atoms with Crippen molar-refractivity contribution < 1.29 is 9.53 Å². The van der Waals surface area contributed by atoms with E-state index in [1.807, 2.05) is 29.5 Å². The SMILES string of the molecule is Cc1cccc2nc(C(=O)NC[C@H](C(C)C)N3CCOCC3)cn12. The van der Waals surface area contributed by atoms with Gasteiger partial charge in [0, 0.05) is 37.6 Å². The lowest BCUT2D eigenvalue weighted by Gasteiger charge is -2.36. The molecule has 2 aromatic heterocycles. The molecule has 3 rings (SSSR count). The highest BCUT2D eigenvalue weighted by atomic mass is 16.5. The largest absolute Gasteiger partial charge is 0.379 e. The maximum absolute atomic E-state index is 12.5. The van der Waals surface area contributed by atoms with Crippen LogP contribution in [0.1, 0.15) is 30.0 Å². The number of nitrogens with zero attached hydrogens (tertiary/aromatic N) is 3. The van der Waals surface area contributed by atoms with E-state index in [4.69, 9.17) is 4.74 Å². The Kier molecular flexibility index (Phi) is 5.16. The molecule has 24 heavy (non-hydrogen) atoms. The van der Waals surface area contributed by atoms with Crippen LogP contribution in [0.5, 0.6) is 0 Å². The Morgan fingerprint density at radius 2 is 2.08 bits per heavy atom. The highest BCUT2D eigenvalue weighted by molar-refractivity contribution is 5.92. The van der Waals surface area contributed by atoms with Gasteiger partial charge in [-0.2, -0.15) is 0 Å². The fourth-order valence-corrected chi connectivity index (χ4v) is 3.24. The van der Waals surface area contributed by atoms with Gasteiger partial charge < -0.3 is 14.5 Å². The molecule has 1 aliphatic heterocycles. The van der Waals surface area contributed by atoms with Gasteiger partial charge in [0.1, 0.15) is 11.3 Å². The number of amides is 1. The minimum absolute atomic E-state index is 0.114. The fourth-order valence-electron chi connectivity index (χ4n) is 3.24. The molecule has 6 heteroatoms. The topological polar surface area (TPSA) is 58.9 Å². The van der Waals surface area contributed by atoms with Crippen LogP contribution in [0.2, 0.25) is 0 Å². The summed E-state index contributed by atoms with van der Waals surface area (Å²) in [7, 11) is 0. The smallest absolute Gasteiger partial charge is 0.271 e. The van der Waals surface area contributed by atoms with Crippen molar-refractivity contribution in [2.75, 3.05) is 32.8 Å². The molecule has 6 nitrogen and oxygen atoms in total. The summed E-state index contributed by atoms with van der Waals surface area (Å²) in [5, 5.41) is 3.06. The number of nitrogens with one attached hydrogen (secondary N) is 1. The Balaban J connectivity index is 1.67. The molecule has 1 N–H and O–H groups in total. The van der Waals surface area contributed by atoms with Gasteiger partial charge in [-0.15, -0.1) is 0 Å². The molecule has 0 spiro atoms. The maximum Gasteiger partial charge on any atom is 0.271 e. The van der Waals surface area contributed by atoms with E-state index in [1.165, 1.54) is 0 Å². The van der Waals surface area contributed by atoms with E-state index < -0.39 is 0 Å². The molecule has 1 atom stereocenters. The highest BCUT2D eigenvalue weighted by Crippen LogP contribution is 2.13. The first-order chi connectivity index (χ1) is 11.6. The lowest BCUT2D eigenvalue weighted by molar-refractivity contribution is 0.00671. The van der Waals surface area contributed by atoms with Crippen molar-refractivity contribution in [1.82, 2.24) is 19.6 Å². The summed E-state index contributed by atoms with van der Waals surface area (Å²) in [6, 6.07) is 6.18. The van der Waals surface area contributed by atoms with Crippen LogP contribution in [0, 0.1) is 12.8 Å². The van der Waals surface area contributed by atoms with Crippen LogP contribution >= 0.6 is 0 Å². The molecular formula is C18H26N4O2. The van der Waals surface area contributed by atoms with E-state index in [0.29, 0.717) is 24.2 Å². The van der Waals surface area contributed by atoms with Gasteiger partial charge in [0.05, 0.1) is 13.2 Å². The maximum atomic E-state index is 12.5. The van der Waals surface area contributed by atoms with Crippen molar-refractivity contribution >= 4 is 11.6 Å². The van der Waals surface area contributed by atoms with Gasteiger partial charge in [0.2, 0.25) is 0 Å². The van der Waals surface area contributed by atoms with E-state index in [2.05, 4.69) is 29.0 Å². The Morgan fingerprint density at radius 3 is 2.75 bits per heavy atom.